The second-order valence-electron chi connectivity index (χ2n) is 2.74. The van der Waals surface area contributed by atoms with Crippen LogP contribution in [0.4, 0.5) is 4.39 Å². The predicted molar refractivity (Wildman–Crippen MR) is 40.9 cm³/mol. The van der Waals surface area contributed by atoms with Crippen LogP contribution >= 0.6 is 0 Å². The van der Waals surface area contributed by atoms with E-state index in [0.717, 1.165) is 5.82 Å². The molecule has 0 saturated heterocycles. The molecule has 0 aliphatic heterocycles. The number of hydrogen-bond donors (Lipinski definition) is 0. The van der Waals surface area contributed by atoms with Gasteiger partial charge in [0.2, 0.25) is 0 Å². The summed E-state index contributed by atoms with van der Waals surface area (Å²) in [5.74, 6) is 1.07. The van der Waals surface area contributed by atoms with Crippen molar-refractivity contribution < 1.29 is 4.39 Å². The van der Waals surface area contributed by atoms with Gasteiger partial charge in [-0.2, -0.15) is 0 Å². The smallest absolute Gasteiger partial charge is 0.130 e. The van der Waals surface area contributed by atoms with Crippen LogP contribution in [0.2, 0.25) is 0 Å². The molecule has 0 fully saturated rings. The molecule has 0 amide bonds. The van der Waals surface area contributed by atoms with E-state index in [2.05, 4.69) is 9.97 Å². The van der Waals surface area contributed by atoms with Gasteiger partial charge in [0.15, 0.2) is 0 Å². The quantitative estimate of drug-likeness (QED) is 0.651. The second kappa shape index (κ2) is 3.42. The molecule has 0 radical (unpaired) electrons. The van der Waals surface area contributed by atoms with Gasteiger partial charge in [0.25, 0.3) is 0 Å². The summed E-state index contributed by atoms with van der Waals surface area (Å²) >= 11 is 0. The van der Waals surface area contributed by atoms with Gasteiger partial charge in [-0.3, -0.25) is 0 Å². The minimum Gasteiger partial charge on any atom is -0.246 e. The number of hydrogen-bond acceptors (Lipinski definition) is 2. The van der Waals surface area contributed by atoms with E-state index in [9.17, 15) is 4.39 Å². The molecule has 11 heavy (non-hydrogen) atoms. The van der Waals surface area contributed by atoms with Crippen molar-refractivity contribution in [2.24, 2.45) is 0 Å². The summed E-state index contributed by atoms with van der Waals surface area (Å²) < 4.78 is 12.0. The Morgan fingerprint density at radius 2 is 1.91 bits per heavy atom. The van der Waals surface area contributed by atoms with Crippen LogP contribution < -0.4 is 0 Å². The second-order valence-corrected chi connectivity index (χ2v) is 2.74. The van der Waals surface area contributed by atoms with E-state index < -0.39 is 6.67 Å². The largest absolute Gasteiger partial charge is 0.246 e. The van der Waals surface area contributed by atoms with Crippen molar-refractivity contribution in [1.29, 1.82) is 0 Å². The highest BCUT2D eigenvalue weighted by Gasteiger charge is 2.00. The summed E-state index contributed by atoms with van der Waals surface area (Å²) in [7, 11) is 0. The molecular weight excluding hydrogens is 143 g/mol. The fraction of sp³-hybridized carbons (Fsp3) is 0.500. The Kier molecular flexibility index (Phi) is 2.52. The first-order valence-electron chi connectivity index (χ1n) is 3.61. The average molecular weight is 154 g/mol. The first-order chi connectivity index (χ1) is 5.24. The molecule has 0 aliphatic carbocycles. The molecule has 0 unspecified atom stereocenters. The fourth-order valence-corrected chi connectivity index (χ4v) is 0.732. The molecule has 1 rings (SSSR count). The Morgan fingerprint density at radius 1 is 1.36 bits per heavy atom. The standard InChI is InChI=1S/C8H11FN2/c1-6(2)8-10-4-7(3-9)5-11-8/h4-6H,3H2,1-2H3. The minimum absolute atomic E-state index is 0.309. The van der Waals surface area contributed by atoms with E-state index in [1.807, 2.05) is 13.8 Å². The summed E-state index contributed by atoms with van der Waals surface area (Å²) in [5, 5.41) is 0. The zero-order valence-corrected chi connectivity index (χ0v) is 6.71. The minimum atomic E-state index is -0.488. The number of rotatable bonds is 2. The highest BCUT2D eigenvalue weighted by atomic mass is 19.1. The third-order valence-electron chi connectivity index (χ3n) is 1.40. The van der Waals surface area contributed by atoms with E-state index in [0.29, 0.717) is 11.5 Å². The lowest BCUT2D eigenvalue weighted by atomic mass is 10.2. The topological polar surface area (TPSA) is 25.8 Å². The number of aromatic nitrogens is 2. The number of halogens is 1. The molecule has 1 aromatic rings. The van der Waals surface area contributed by atoms with Gasteiger partial charge < -0.3 is 0 Å². The Hall–Kier alpha value is -0.990. The number of alkyl halides is 1. The maximum atomic E-state index is 12.0. The molecule has 0 bridgehead atoms. The molecule has 60 valence electrons. The first kappa shape index (κ1) is 8.11. The van der Waals surface area contributed by atoms with Gasteiger partial charge in [-0.05, 0) is 0 Å². The molecule has 0 aromatic carbocycles. The Morgan fingerprint density at radius 3 is 2.27 bits per heavy atom. The predicted octanol–water partition coefficient (Wildman–Crippen LogP) is 2.07. The lowest BCUT2D eigenvalue weighted by molar-refractivity contribution is 0.482. The molecule has 1 heterocycles. The average Bonchev–Trinajstić information content (AvgIpc) is 2.05. The van der Waals surface area contributed by atoms with Crippen molar-refractivity contribution in [3.63, 3.8) is 0 Å². The summed E-state index contributed by atoms with van der Waals surface area (Å²) in [6.07, 6.45) is 3.06. The van der Waals surface area contributed by atoms with Crippen LogP contribution in [0.25, 0.3) is 0 Å². The van der Waals surface area contributed by atoms with Crippen molar-refractivity contribution in [1.82, 2.24) is 9.97 Å². The van der Waals surface area contributed by atoms with Crippen molar-refractivity contribution in [2.45, 2.75) is 26.4 Å². The third-order valence-corrected chi connectivity index (χ3v) is 1.40. The fourth-order valence-electron chi connectivity index (χ4n) is 0.732. The van der Waals surface area contributed by atoms with Crippen LogP contribution in [0.15, 0.2) is 12.4 Å². The molecule has 0 N–H and O–H groups in total. The van der Waals surface area contributed by atoms with E-state index in [4.69, 9.17) is 0 Å². The van der Waals surface area contributed by atoms with Crippen molar-refractivity contribution in [3.8, 4) is 0 Å². The van der Waals surface area contributed by atoms with E-state index in [-0.39, 0.29) is 0 Å². The lowest BCUT2D eigenvalue weighted by Gasteiger charge is -2.01. The molecule has 0 saturated carbocycles. The molecule has 2 nitrogen and oxygen atoms in total. The molecular formula is C8H11FN2. The van der Waals surface area contributed by atoms with E-state index in [1.54, 1.807) is 0 Å². The Labute approximate surface area is 65.5 Å². The van der Waals surface area contributed by atoms with Gasteiger partial charge in [-0.15, -0.1) is 0 Å². The van der Waals surface area contributed by atoms with Crippen LogP contribution in [-0.4, -0.2) is 9.97 Å². The zero-order valence-electron chi connectivity index (χ0n) is 6.71. The summed E-state index contributed by atoms with van der Waals surface area (Å²) in [5.41, 5.74) is 0.536. The molecule has 0 aliphatic rings. The molecule has 0 atom stereocenters. The van der Waals surface area contributed by atoms with Gasteiger partial charge in [0, 0.05) is 23.9 Å². The Balaban J connectivity index is 2.83. The summed E-state index contributed by atoms with van der Waals surface area (Å²) in [6.45, 7) is 3.52. The highest BCUT2D eigenvalue weighted by molar-refractivity contribution is 5.05. The van der Waals surface area contributed by atoms with E-state index >= 15 is 0 Å². The van der Waals surface area contributed by atoms with Crippen LogP contribution in [0.3, 0.4) is 0 Å². The van der Waals surface area contributed by atoms with Crippen LogP contribution in [0, 0.1) is 0 Å². The van der Waals surface area contributed by atoms with Gasteiger partial charge in [-0.1, -0.05) is 13.8 Å². The normalized spacial score (nSPS) is 10.5. The SMILES string of the molecule is CC(C)c1ncc(CF)cn1. The van der Waals surface area contributed by atoms with Crippen molar-refractivity contribution >= 4 is 0 Å². The van der Waals surface area contributed by atoms with Crippen LogP contribution in [0.5, 0.6) is 0 Å². The van der Waals surface area contributed by atoms with Crippen molar-refractivity contribution in [2.75, 3.05) is 0 Å². The van der Waals surface area contributed by atoms with Gasteiger partial charge in [0.05, 0.1) is 0 Å². The first-order valence-corrected chi connectivity index (χ1v) is 3.61. The van der Waals surface area contributed by atoms with Gasteiger partial charge in [0.1, 0.15) is 12.5 Å². The molecule has 3 heteroatoms. The third kappa shape index (κ3) is 1.97. The maximum Gasteiger partial charge on any atom is 0.130 e. The van der Waals surface area contributed by atoms with Gasteiger partial charge >= 0.3 is 0 Å². The van der Waals surface area contributed by atoms with Gasteiger partial charge in [-0.25, -0.2) is 14.4 Å². The Bertz CT molecular complexity index is 218. The zero-order chi connectivity index (χ0) is 8.27. The summed E-state index contributed by atoms with van der Waals surface area (Å²) in [4.78, 5) is 8.00. The molecule has 0 spiro atoms. The monoisotopic (exact) mass is 154 g/mol. The van der Waals surface area contributed by atoms with Crippen LogP contribution in [-0.2, 0) is 6.67 Å². The number of nitrogens with zero attached hydrogens (tertiary/aromatic N) is 2. The lowest BCUT2D eigenvalue weighted by Crippen LogP contribution is -1.97. The van der Waals surface area contributed by atoms with Crippen LogP contribution in [0.1, 0.15) is 31.2 Å². The molecule has 1 aromatic heterocycles. The van der Waals surface area contributed by atoms with E-state index in [1.165, 1.54) is 12.4 Å². The summed E-state index contributed by atoms with van der Waals surface area (Å²) in [6, 6.07) is 0. The highest BCUT2D eigenvalue weighted by Crippen LogP contribution is 2.07. The van der Waals surface area contributed by atoms with Crippen molar-refractivity contribution in [3.05, 3.63) is 23.8 Å². The maximum absolute atomic E-state index is 12.0.